The van der Waals surface area contributed by atoms with Gasteiger partial charge in [0.25, 0.3) is 5.91 Å². The van der Waals surface area contributed by atoms with Gasteiger partial charge in [0.05, 0.1) is 6.61 Å². The van der Waals surface area contributed by atoms with Crippen molar-refractivity contribution in [1.82, 2.24) is 10.9 Å². The first-order valence-corrected chi connectivity index (χ1v) is 12.9. The van der Waals surface area contributed by atoms with Crippen LogP contribution in [0.5, 0.6) is 5.75 Å². The number of aliphatic imine (C=N–C) groups is 1. The maximum atomic E-state index is 13.8. The number of hydrogen-bond donors (Lipinski definition) is 3. The summed E-state index contributed by atoms with van der Waals surface area (Å²) in [5.41, 5.74) is 6.98. The van der Waals surface area contributed by atoms with E-state index in [0.29, 0.717) is 37.6 Å². The maximum absolute atomic E-state index is 13.8. The van der Waals surface area contributed by atoms with Crippen molar-refractivity contribution in [2.75, 3.05) is 19.8 Å². The van der Waals surface area contributed by atoms with Crippen molar-refractivity contribution in [3.8, 4) is 5.75 Å². The van der Waals surface area contributed by atoms with Gasteiger partial charge in [0.2, 0.25) is 5.90 Å². The van der Waals surface area contributed by atoms with E-state index in [0.717, 1.165) is 21.2 Å². The normalized spacial score (nSPS) is 18.5. The monoisotopic (exact) mass is 563 g/mol. The third-order valence-corrected chi connectivity index (χ3v) is 6.50. The molecule has 192 valence electrons. The Hall–Kier alpha value is -3.46. The number of amides is 1. The van der Waals surface area contributed by atoms with Gasteiger partial charge in [0, 0.05) is 36.0 Å². The molecule has 0 radical (unpaired) electrons. The fourth-order valence-corrected chi connectivity index (χ4v) is 4.40. The standard InChI is InChI=1S/C29H30BrN3O4/c1-2-17-31-33-28(35)29(20-21-7-4-3-5-8-21)26(22-9-13-24(30)14-10-22)37-27(32-29)23-11-15-25(16-12-23)36-19-6-18-34/h2-5,7-16,26,31,34H,1,6,17-20H2,(H,33,35)/t26-,29-/m0/s1. The minimum Gasteiger partial charge on any atom is -0.494 e. The van der Waals surface area contributed by atoms with E-state index in [4.69, 9.17) is 19.6 Å². The van der Waals surface area contributed by atoms with E-state index in [1.165, 1.54) is 0 Å². The molecule has 0 bridgehead atoms. The minimum absolute atomic E-state index is 0.0768. The summed E-state index contributed by atoms with van der Waals surface area (Å²) in [6.07, 6.45) is 1.90. The van der Waals surface area contributed by atoms with Crippen molar-refractivity contribution in [3.63, 3.8) is 0 Å². The van der Waals surface area contributed by atoms with Crippen molar-refractivity contribution in [2.24, 2.45) is 4.99 Å². The van der Waals surface area contributed by atoms with Gasteiger partial charge in [-0.15, -0.1) is 6.58 Å². The highest BCUT2D eigenvalue weighted by molar-refractivity contribution is 9.10. The number of aliphatic hydroxyl groups is 1. The largest absolute Gasteiger partial charge is 0.494 e. The van der Waals surface area contributed by atoms with Gasteiger partial charge in [0.15, 0.2) is 11.6 Å². The Labute approximate surface area is 225 Å². The number of benzene rings is 3. The van der Waals surface area contributed by atoms with E-state index < -0.39 is 11.6 Å². The smallest absolute Gasteiger partial charge is 0.266 e. The first kappa shape index (κ1) is 26.6. The predicted molar refractivity (Wildman–Crippen MR) is 147 cm³/mol. The van der Waals surface area contributed by atoms with E-state index >= 15 is 0 Å². The summed E-state index contributed by atoms with van der Waals surface area (Å²) < 4.78 is 13.1. The number of halogens is 1. The minimum atomic E-state index is -1.27. The van der Waals surface area contributed by atoms with Crippen molar-refractivity contribution in [1.29, 1.82) is 0 Å². The molecule has 8 heteroatoms. The lowest BCUT2D eigenvalue weighted by Crippen LogP contribution is -2.54. The molecule has 0 aliphatic carbocycles. The summed E-state index contributed by atoms with van der Waals surface area (Å²) in [6, 6.07) is 24.9. The zero-order chi connectivity index (χ0) is 26.1. The van der Waals surface area contributed by atoms with Crippen LogP contribution >= 0.6 is 15.9 Å². The summed E-state index contributed by atoms with van der Waals surface area (Å²) >= 11 is 3.49. The van der Waals surface area contributed by atoms with Crippen molar-refractivity contribution >= 4 is 27.7 Å². The number of rotatable bonds is 12. The van der Waals surface area contributed by atoms with Crippen LogP contribution in [-0.4, -0.2) is 42.2 Å². The molecule has 0 aromatic heterocycles. The van der Waals surface area contributed by atoms with Crippen LogP contribution in [0.15, 0.2) is 101 Å². The van der Waals surface area contributed by atoms with Gasteiger partial charge in [-0.2, -0.15) is 0 Å². The molecule has 4 rings (SSSR count). The quantitative estimate of drug-likeness (QED) is 0.171. The average Bonchev–Trinajstić information content (AvgIpc) is 3.30. The van der Waals surface area contributed by atoms with Crippen molar-refractivity contribution in [2.45, 2.75) is 24.5 Å². The second-order valence-corrected chi connectivity index (χ2v) is 9.54. The van der Waals surface area contributed by atoms with Crippen LogP contribution in [-0.2, 0) is 16.0 Å². The zero-order valence-electron chi connectivity index (χ0n) is 20.4. The van der Waals surface area contributed by atoms with Crippen molar-refractivity contribution in [3.05, 3.63) is 113 Å². The lowest BCUT2D eigenvalue weighted by Gasteiger charge is -2.30. The number of carbonyl (C=O) groups excluding carboxylic acids is 1. The summed E-state index contributed by atoms with van der Waals surface area (Å²) in [6.45, 7) is 4.61. The van der Waals surface area contributed by atoms with E-state index in [1.807, 2.05) is 78.9 Å². The van der Waals surface area contributed by atoms with Gasteiger partial charge in [-0.1, -0.05) is 64.5 Å². The number of carbonyl (C=O) groups is 1. The Balaban J connectivity index is 1.74. The van der Waals surface area contributed by atoms with Crippen LogP contribution in [0.2, 0.25) is 0 Å². The van der Waals surface area contributed by atoms with Crippen LogP contribution in [0.4, 0.5) is 0 Å². The van der Waals surface area contributed by atoms with Gasteiger partial charge in [-0.05, 0) is 47.5 Å². The molecular formula is C29H30BrN3O4. The third-order valence-electron chi connectivity index (χ3n) is 5.97. The first-order valence-electron chi connectivity index (χ1n) is 12.1. The van der Waals surface area contributed by atoms with Crippen LogP contribution in [0.25, 0.3) is 0 Å². The van der Waals surface area contributed by atoms with Crippen LogP contribution < -0.4 is 15.6 Å². The molecule has 0 unspecified atom stereocenters. The van der Waals surface area contributed by atoms with Crippen LogP contribution in [0.3, 0.4) is 0 Å². The van der Waals surface area contributed by atoms with E-state index in [9.17, 15) is 4.79 Å². The highest BCUT2D eigenvalue weighted by Crippen LogP contribution is 2.42. The molecule has 3 N–H and O–H groups in total. The molecule has 1 heterocycles. The molecule has 7 nitrogen and oxygen atoms in total. The zero-order valence-corrected chi connectivity index (χ0v) is 22.0. The fourth-order valence-electron chi connectivity index (χ4n) is 4.14. The lowest BCUT2D eigenvalue weighted by atomic mass is 9.82. The summed E-state index contributed by atoms with van der Waals surface area (Å²) in [5.74, 6) is 0.761. The number of nitrogens with zero attached hydrogens (tertiary/aromatic N) is 1. The van der Waals surface area contributed by atoms with Gasteiger partial charge in [0.1, 0.15) is 5.75 Å². The SMILES string of the molecule is C=CCNNC(=O)[C@@]1(Cc2ccccc2)N=C(c2ccc(OCCCO)cc2)O[C@H]1c1ccc(Br)cc1. The predicted octanol–water partition coefficient (Wildman–Crippen LogP) is 4.52. The van der Waals surface area contributed by atoms with E-state index in [2.05, 4.69) is 33.4 Å². The van der Waals surface area contributed by atoms with E-state index in [1.54, 1.807) is 6.08 Å². The first-order chi connectivity index (χ1) is 18.1. The molecule has 0 saturated carbocycles. The second kappa shape index (κ2) is 12.7. The Morgan fingerprint density at radius 2 is 1.84 bits per heavy atom. The third kappa shape index (κ3) is 6.46. The Morgan fingerprint density at radius 1 is 1.11 bits per heavy atom. The maximum Gasteiger partial charge on any atom is 0.266 e. The molecule has 0 saturated heterocycles. The fraction of sp³-hybridized carbons (Fsp3) is 0.241. The van der Waals surface area contributed by atoms with Gasteiger partial charge >= 0.3 is 0 Å². The van der Waals surface area contributed by atoms with Crippen LogP contribution in [0, 0.1) is 0 Å². The molecule has 1 aliphatic rings. The summed E-state index contributed by atoms with van der Waals surface area (Å²) in [5, 5.41) is 8.98. The number of aliphatic hydroxyl groups excluding tert-OH is 1. The Bertz CT molecular complexity index is 1220. The topological polar surface area (TPSA) is 92.2 Å². The average molecular weight is 564 g/mol. The number of ether oxygens (including phenoxy) is 2. The van der Waals surface area contributed by atoms with E-state index in [-0.39, 0.29) is 12.5 Å². The molecular weight excluding hydrogens is 534 g/mol. The Kier molecular flexibility index (Phi) is 9.11. The van der Waals surface area contributed by atoms with Crippen molar-refractivity contribution < 1.29 is 19.4 Å². The Morgan fingerprint density at radius 3 is 2.51 bits per heavy atom. The molecule has 1 amide bonds. The van der Waals surface area contributed by atoms with Gasteiger partial charge < -0.3 is 14.6 Å². The second-order valence-electron chi connectivity index (χ2n) is 8.63. The summed E-state index contributed by atoms with van der Waals surface area (Å²) in [7, 11) is 0. The summed E-state index contributed by atoms with van der Waals surface area (Å²) in [4.78, 5) is 18.8. The lowest BCUT2D eigenvalue weighted by molar-refractivity contribution is -0.129. The molecule has 3 aromatic carbocycles. The number of hydrazine groups is 1. The molecule has 37 heavy (non-hydrogen) atoms. The molecule has 1 aliphatic heterocycles. The highest BCUT2D eigenvalue weighted by Gasteiger charge is 2.53. The molecule has 3 aromatic rings. The number of hydrogen-bond acceptors (Lipinski definition) is 6. The van der Waals surface area contributed by atoms with Gasteiger partial charge in [-0.25, -0.2) is 10.4 Å². The molecule has 0 fully saturated rings. The van der Waals surface area contributed by atoms with Gasteiger partial charge in [-0.3, -0.25) is 10.2 Å². The molecule has 2 atom stereocenters. The highest BCUT2D eigenvalue weighted by atomic mass is 79.9. The van der Waals surface area contributed by atoms with Crippen LogP contribution in [0.1, 0.15) is 29.2 Å². The molecule has 0 spiro atoms. The number of nitrogens with one attached hydrogen (secondary N) is 2.